The van der Waals surface area contributed by atoms with Crippen molar-refractivity contribution in [1.29, 1.82) is 5.26 Å². The van der Waals surface area contributed by atoms with Crippen molar-refractivity contribution in [1.82, 2.24) is 45.0 Å². The molecule has 3 fully saturated rings. The second-order valence-electron chi connectivity index (χ2n) is 17.5. The summed E-state index contributed by atoms with van der Waals surface area (Å²) in [6.45, 7) is 5.59. The molecule has 322 valence electrons. The Balaban J connectivity index is 0.699. The summed E-state index contributed by atoms with van der Waals surface area (Å²) in [6, 6.07) is 19.9. The van der Waals surface area contributed by atoms with Gasteiger partial charge in [-0.2, -0.15) is 15.5 Å². The first-order valence-corrected chi connectivity index (χ1v) is 22.7. The molecular weight excluding hydrogens is 814 g/mol. The van der Waals surface area contributed by atoms with Gasteiger partial charge < -0.3 is 19.9 Å². The van der Waals surface area contributed by atoms with Crippen LogP contribution < -0.4 is 15.0 Å². The molecule has 14 nitrogen and oxygen atoms in total. The molecule has 0 radical (unpaired) electrons. The fourth-order valence-electron chi connectivity index (χ4n) is 9.52. The van der Waals surface area contributed by atoms with Gasteiger partial charge in [-0.15, -0.1) is 10.2 Å². The van der Waals surface area contributed by atoms with E-state index in [0.29, 0.717) is 40.5 Å². The third-order valence-electron chi connectivity index (χ3n) is 13.3. The van der Waals surface area contributed by atoms with Gasteiger partial charge in [0, 0.05) is 98.3 Å². The molecule has 63 heavy (non-hydrogen) atoms. The van der Waals surface area contributed by atoms with Gasteiger partial charge in [-0.05, 0) is 99.4 Å². The van der Waals surface area contributed by atoms with E-state index in [0.717, 1.165) is 129 Å². The van der Waals surface area contributed by atoms with Gasteiger partial charge in [0.1, 0.15) is 11.8 Å². The Bertz CT molecular complexity index is 2700. The number of hydrogen-bond acceptors (Lipinski definition) is 10. The molecule has 6 heterocycles. The summed E-state index contributed by atoms with van der Waals surface area (Å²) < 4.78 is 10.4. The van der Waals surface area contributed by atoms with Crippen LogP contribution >= 0.6 is 11.6 Å². The van der Waals surface area contributed by atoms with Crippen LogP contribution in [-0.4, -0.2) is 83.2 Å². The molecule has 4 aromatic heterocycles. The Morgan fingerprint density at radius 2 is 1.79 bits per heavy atom. The third-order valence-corrected chi connectivity index (χ3v) is 13.6. The van der Waals surface area contributed by atoms with Crippen LogP contribution in [0.3, 0.4) is 0 Å². The molecule has 1 saturated heterocycles. The van der Waals surface area contributed by atoms with E-state index >= 15 is 0 Å². The normalized spacial score (nSPS) is 19.1. The second-order valence-corrected chi connectivity index (χ2v) is 17.9. The lowest BCUT2D eigenvalue weighted by Crippen LogP contribution is -2.40. The number of aromatic nitrogens is 7. The highest BCUT2D eigenvalue weighted by Gasteiger charge is 2.34. The fraction of sp³-hybridized carbons (Fsp3) is 0.417. The molecule has 4 aliphatic rings. The first-order valence-electron chi connectivity index (χ1n) is 22.3. The Morgan fingerprint density at radius 3 is 2.54 bits per heavy atom. The molecule has 10 rings (SSSR count). The Kier molecular flexibility index (Phi) is 11.3. The molecular formula is C48H50ClN11O3. The topological polar surface area (TPSA) is 160 Å². The monoisotopic (exact) mass is 863 g/mol. The number of carbonyl (C=O) groups excluding carboxylic acids is 2. The minimum absolute atomic E-state index is 0.0303. The molecule has 2 saturated carbocycles. The standard InChI is InChI=1S/C48H50ClN11O3/c1-30(61)58-21-18-45-41(29-58)47(56-60(45)36-8-9-36)39-4-2-3-32-23-44(51-27-40(32)39)34-26-52-59(28-34)22-17-31-15-19-57(20-16-31)46-14-13-43(54-55-46)48(62)53-35-6-11-37(12-7-35)63-38-10-5-33(25-50)42(49)24-38/h2-5,10,13-14,23-24,26-28,31,35-37H,6-9,11-12,15-22,29H2,1H3,(H,53,62). The van der Waals surface area contributed by atoms with E-state index in [9.17, 15) is 9.59 Å². The number of rotatable bonds is 11. The number of amides is 2. The number of aryl methyl sites for hydroxylation is 1. The van der Waals surface area contributed by atoms with Gasteiger partial charge in [0.2, 0.25) is 5.91 Å². The molecule has 2 amide bonds. The summed E-state index contributed by atoms with van der Waals surface area (Å²) in [7, 11) is 0. The highest BCUT2D eigenvalue weighted by molar-refractivity contribution is 6.31. The minimum atomic E-state index is -0.210. The van der Waals surface area contributed by atoms with Crippen LogP contribution in [0.2, 0.25) is 5.02 Å². The van der Waals surface area contributed by atoms with Gasteiger partial charge in [-0.3, -0.25) is 23.9 Å². The molecule has 6 aromatic rings. The van der Waals surface area contributed by atoms with E-state index in [1.807, 2.05) is 28.0 Å². The maximum Gasteiger partial charge on any atom is 0.272 e. The van der Waals surface area contributed by atoms with Crippen molar-refractivity contribution in [2.45, 2.75) is 102 Å². The van der Waals surface area contributed by atoms with Gasteiger partial charge in [-0.1, -0.05) is 29.8 Å². The molecule has 0 atom stereocenters. The van der Waals surface area contributed by atoms with Crippen molar-refractivity contribution in [2.75, 3.05) is 24.5 Å². The van der Waals surface area contributed by atoms with Crippen molar-refractivity contribution in [3.05, 3.63) is 101 Å². The zero-order valence-corrected chi connectivity index (χ0v) is 36.2. The predicted molar refractivity (Wildman–Crippen MR) is 239 cm³/mol. The summed E-state index contributed by atoms with van der Waals surface area (Å²) in [5.41, 5.74) is 7.10. The average molecular weight is 864 g/mol. The Labute approximate surface area is 371 Å². The fourth-order valence-corrected chi connectivity index (χ4v) is 9.74. The van der Waals surface area contributed by atoms with Crippen molar-refractivity contribution in [3.63, 3.8) is 0 Å². The number of anilines is 1. The zero-order valence-electron chi connectivity index (χ0n) is 35.4. The summed E-state index contributed by atoms with van der Waals surface area (Å²) in [4.78, 5) is 34.5. The highest BCUT2D eigenvalue weighted by Crippen LogP contribution is 2.42. The van der Waals surface area contributed by atoms with E-state index < -0.39 is 0 Å². The molecule has 2 aliphatic carbocycles. The minimum Gasteiger partial charge on any atom is -0.490 e. The zero-order chi connectivity index (χ0) is 43.0. The van der Waals surface area contributed by atoms with Gasteiger partial charge in [0.05, 0.1) is 40.3 Å². The number of pyridine rings is 1. The van der Waals surface area contributed by atoms with Crippen molar-refractivity contribution >= 4 is 40.0 Å². The SMILES string of the molecule is CC(=O)N1CCc2c(c(-c3cccc4cc(-c5cnn(CCC6CCN(c7ccc(C(=O)NC8CCC(Oc9ccc(C#N)c(Cl)c9)CC8)nn7)CC6)c5)ncc34)nn2C2CC2)C1. The molecule has 0 unspecified atom stereocenters. The number of ether oxygens (including phenoxy) is 1. The van der Waals surface area contributed by atoms with Crippen LogP contribution in [-0.2, 0) is 24.3 Å². The number of fused-ring (bicyclic) bond motifs is 2. The lowest BCUT2D eigenvalue weighted by molar-refractivity contribution is -0.129. The number of nitrogens with one attached hydrogen (secondary N) is 1. The van der Waals surface area contributed by atoms with E-state index in [1.54, 1.807) is 31.2 Å². The highest BCUT2D eigenvalue weighted by atomic mass is 35.5. The van der Waals surface area contributed by atoms with Crippen LogP contribution in [0.1, 0.15) is 98.1 Å². The van der Waals surface area contributed by atoms with Crippen LogP contribution in [0, 0.1) is 17.2 Å². The lowest BCUT2D eigenvalue weighted by Gasteiger charge is -2.32. The van der Waals surface area contributed by atoms with E-state index in [1.165, 1.54) is 11.3 Å². The largest absolute Gasteiger partial charge is 0.490 e. The Hall–Kier alpha value is -6.33. The summed E-state index contributed by atoms with van der Waals surface area (Å²) >= 11 is 6.16. The van der Waals surface area contributed by atoms with Crippen LogP contribution in [0.15, 0.2) is 73.2 Å². The van der Waals surface area contributed by atoms with E-state index in [4.69, 9.17) is 36.8 Å². The molecule has 15 heteroatoms. The van der Waals surface area contributed by atoms with Gasteiger partial charge >= 0.3 is 0 Å². The van der Waals surface area contributed by atoms with Gasteiger partial charge in [0.25, 0.3) is 5.91 Å². The van der Waals surface area contributed by atoms with Crippen LogP contribution in [0.4, 0.5) is 5.82 Å². The lowest BCUT2D eigenvalue weighted by atomic mass is 9.92. The second kappa shape index (κ2) is 17.4. The van der Waals surface area contributed by atoms with E-state index in [2.05, 4.69) is 61.6 Å². The number of carbonyl (C=O) groups is 2. The van der Waals surface area contributed by atoms with Gasteiger partial charge in [-0.25, -0.2) is 0 Å². The molecule has 0 bridgehead atoms. The third kappa shape index (κ3) is 8.71. The summed E-state index contributed by atoms with van der Waals surface area (Å²) in [5.74, 6) is 1.91. The average Bonchev–Trinajstić information content (AvgIpc) is 3.92. The summed E-state index contributed by atoms with van der Waals surface area (Å²) in [6.07, 6.45) is 15.5. The molecule has 1 N–H and O–H groups in total. The number of nitrogens with zero attached hydrogens (tertiary/aromatic N) is 10. The summed E-state index contributed by atoms with van der Waals surface area (Å²) in [5, 5.41) is 33.4. The number of nitriles is 1. The molecule has 2 aliphatic heterocycles. The van der Waals surface area contributed by atoms with Gasteiger partial charge in [0.15, 0.2) is 11.5 Å². The van der Waals surface area contributed by atoms with Crippen LogP contribution in [0.25, 0.3) is 33.3 Å². The number of piperidine rings is 1. The number of hydrogen-bond donors (Lipinski definition) is 1. The first-order chi connectivity index (χ1) is 30.8. The molecule has 0 spiro atoms. The smallest absolute Gasteiger partial charge is 0.272 e. The number of benzene rings is 2. The first kappa shape index (κ1) is 40.7. The van der Waals surface area contributed by atoms with Crippen molar-refractivity contribution in [2.24, 2.45) is 5.92 Å². The van der Waals surface area contributed by atoms with Crippen molar-refractivity contribution < 1.29 is 14.3 Å². The van der Waals surface area contributed by atoms with Crippen LogP contribution in [0.5, 0.6) is 5.75 Å². The predicted octanol–water partition coefficient (Wildman–Crippen LogP) is 7.94. The van der Waals surface area contributed by atoms with Crippen molar-refractivity contribution in [3.8, 4) is 34.3 Å². The maximum absolute atomic E-state index is 13.1. The maximum atomic E-state index is 13.1. The van der Waals surface area contributed by atoms with E-state index in [-0.39, 0.29) is 24.0 Å². The quantitative estimate of drug-likeness (QED) is 0.135. The molecule has 2 aromatic carbocycles. The number of halogens is 1. The Morgan fingerprint density at radius 1 is 0.952 bits per heavy atom.